The molecule has 3 nitrogen and oxygen atoms in total. The molecule has 0 saturated heterocycles. The van der Waals surface area contributed by atoms with E-state index in [9.17, 15) is 0 Å². The van der Waals surface area contributed by atoms with Crippen molar-refractivity contribution in [1.29, 1.82) is 0 Å². The number of hydrogen-bond donors (Lipinski definition) is 1. The maximum absolute atomic E-state index is 5.39. The van der Waals surface area contributed by atoms with Gasteiger partial charge in [0.15, 0.2) is 0 Å². The molecular formula is C10H17NO2. The third kappa shape index (κ3) is 4.70. The van der Waals surface area contributed by atoms with E-state index in [0.717, 1.165) is 31.9 Å². The predicted molar refractivity (Wildman–Crippen MR) is 51.5 cm³/mol. The van der Waals surface area contributed by atoms with E-state index in [1.165, 1.54) is 0 Å². The number of rotatable bonds is 7. The lowest BCUT2D eigenvalue weighted by atomic mass is 10.4. The van der Waals surface area contributed by atoms with Crippen LogP contribution in [0.3, 0.4) is 0 Å². The minimum atomic E-state index is 0.582. The van der Waals surface area contributed by atoms with E-state index < -0.39 is 0 Å². The van der Waals surface area contributed by atoms with Gasteiger partial charge in [-0.05, 0) is 31.6 Å². The van der Waals surface area contributed by atoms with Crippen molar-refractivity contribution in [1.82, 2.24) is 5.32 Å². The van der Waals surface area contributed by atoms with E-state index in [0.29, 0.717) is 6.61 Å². The molecule has 1 rings (SSSR count). The highest BCUT2D eigenvalue weighted by Crippen LogP contribution is 2.01. The molecule has 0 aliphatic rings. The summed E-state index contributed by atoms with van der Waals surface area (Å²) in [6, 6.07) is 3.79. The maximum atomic E-state index is 5.39. The highest BCUT2D eigenvalue weighted by Gasteiger charge is 1.94. The molecule has 0 aliphatic heterocycles. The third-order valence-electron chi connectivity index (χ3n) is 1.72. The van der Waals surface area contributed by atoms with Crippen molar-refractivity contribution in [3.8, 4) is 0 Å². The Labute approximate surface area is 79.1 Å². The summed E-state index contributed by atoms with van der Waals surface area (Å²) in [4.78, 5) is 0. The standard InChI is InChI=1S/C10H17NO2/c1-2-11-6-4-7-12-9-10-5-3-8-13-10/h3,5,8,11H,2,4,6-7,9H2,1H3. The molecule has 0 aromatic carbocycles. The Hall–Kier alpha value is -0.800. The summed E-state index contributed by atoms with van der Waals surface area (Å²) in [7, 11) is 0. The van der Waals surface area contributed by atoms with Crippen molar-refractivity contribution >= 4 is 0 Å². The molecule has 1 aromatic heterocycles. The smallest absolute Gasteiger partial charge is 0.129 e. The van der Waals surface area contributed by atoms with E-state index in [4.69, 9.17) is 9.15 Å². The second-order valence-electron chi connectivity index (χ2n) is 2.84. The zero-order chi connectivity index (χ0) is 9.36. The minimum Gasteiger partial charge on any atom is -0.467 e. The summed E-state index contributed by atoms with van der Waals surface area (Å²) in [5, 5.41) is 3.24. The molecule has 1 N–H and O–H groups in total. The maximum Gasteiger partial charge on any atom is 0.129 e. The van der Waals surface area contributed by atoms with Crippen LogP contribution in [0, 0.1) is 0 Å². The molecule has 0 bridgehead atoms. The third-order valence-corrected chi connectivity index (χ3v) is 1.72. The molecule has 0 fully saturated rings. The first-order chi connectivity index (χ1) is 6.43. The highest BCUT2D eigenvalue weighted by molar-refractivity contribution is 4.95. The first kappa shape index (κ1) is 10.3. The fourth-order valence-electron chi connectivity index (χ4n) is 1.04. The molecule has 74 valence electrons. The molecule has 13 heavy (non-hydrogen) atoms. The Kier molecular flexibility index (Phi) is 5.29. The minimum absolute atomic E-state index is 0.582. The van der Waals surface area contributed by atoms with Crippen LogP contribution in [0.2, 0.25) is 0 Å². The molecular weight excluding hydrogens is 166 g/mol. The van der Waals surface area contributed by atoms with Crippen molar-refractivity contribution in [2.75, 3.05) is 19.7 Å². The van der Waals surface area contributed by atoms with Crippen LogP contribution >= 0.6 is 0 Å². The van der Waals surface area contributed by atoms with Crippen molar-refractivity contribution in [3.05, 3.63) is 24.2 Å². The number of nitrogens with one attached hydrogen (secondary N) is 1. The van der Waals surface area contributed by atoms with Crippen molar-refractivity contribution in [2.24, 2.45) is 0 Å². The highest BCUT2D eigenvalue weighted by atomic mass is 16.5. The molecule has 0 unspecified atom stereocenters. The lowest BCUT2D eigenvalue weighted by Gasteiger charge is -2.02. The quantitative estimate of drug-likeness (QED) is 0.654. The van der Waals surface area contributed by atoms with Gasteiger partial charge in [0.05, 0.1) is 6.26 Å². The van der Waals surface area contributed by atoms with Gasteiger partial charge >= 0.3 is 0 Å². The van der Waals surface area contributed by atoms with Crippen LogP contribution in [0.15, 0.2) is 22.8 Å². The SMILES string of the molecule is CCNCCCOCc1ccco1. The fraction of sp³-hybridized carbons (Fsp3) is 0.600. The molecule has 0 spiro atoms. The Bertz CT molecular complexity index is 197. The van der Waals surface area contributed by atoms with E-state index in [1.54, 1.807) is 6.26 Å². The van der Waals surface area contributed by atoms with Gasteiger partial charge in [0.25, 0.3) is 0 Å². The molecule has 0 amide bonds. The Morgan fingerprint density at radius 2 is 2.46 bits per heavy atom. The fourth-order valence-corrected chi connectivity index (χ4v) is 1.04. The molecule has 3 heteroatoms. The summed E-state index contributed by atoms with van der Waals surface area (Å²) in [6.45, 7) is 5.52. The second-order valence-corrected chi connectivity index (χ2v) is 2.84. The van der Waals surface area contributed by atoms with Gasteiger partial charge in [-0.1, -0.05) is 6.92 Å². The van der Waals surface area contributed by atoms with E-state index in [-0.39, 0.29) is 0 Å². The zero-order valence-corrected chi connectivity index (χ0v) is 8.08. The van der Waals surface area contributed by atoms with E-state index in [2.05, 4.69) is 12.2 Å². The summed E-state index contributed by atoms with van der Waals surface area (Å²) in [5.74, 6) is 0.892. The van der Waals surface area contributed by atoms with Crippen LogP contribution in [0.4, 0.5) is 0 Å². The molecule has 1 heterocycles. The molecule has 1 aromatic rings. The monoisotopic (exact) mass is 183 g/mol. The Morgan fingerprint density at radius 3 is 3.15 bits per heavy atom. The van der Waals surface area contributed by atoms with Crippen LogP contribution in [0.5, 0.6) is 0 Å². The topological polar surface area (TPSA) is 34.4 Å². The first-order valence-electron chi connectivity index (χ1n) is 4.74. The van der Waals surface area contributed by atoms with Gasteiger partial charge in [-0.2, -0.15) is 0 Å². The summed E-state index contributed by atoms with van der Waals surface area (Å²) in [6.07, 6.45) is 2.71. The van der Waals surface area contributed by atoms with E-state index >= 15 is 0 Å². The average Bonchev–Trinajstić information content (AvgIpc) is 2.63. The van der Waals surface area contributed by atoms with E-state index in [1.807, 2.05) is 12.1 Å². The summed E-state index contributed by atoms with van der Waals surface area (Å²) in [5.41, 5.74) is 0. The molecule has 0 radical (unpaired) electrons. The van der Waals surface area contributed by atoms with Crippen LogP contribution in [-0.4, -0.2) is 19.7 Å². The van der Waals surface area contributed by atoms with Gasteiger partial charge < -0.3 is 14.5 Å². The van der Waals surface area contributed by atoms with Gasteiger partial charge in [0.2, 0.25) is 0 Å². The number of furan rings is 1. The molecule has 0 atom stereocenters. The molecule has 0 aliphatic carbocycles. The van der Waals surface area contributed by atoms with Gasteiger partial charge in [0.1, 0.15) is 12.4 Å². The van der Waals surface area contributed by atoms with Crippen molar-refractivity contribution in [3.63, 3.8) is 0 Å². The van der Waals surface area contributed by atoms with Gasteiger partial charge in [-0.25, -0.2) is 0 Å². The first-order valence-corrected chi connectivity index (χ1v) is 4.74. The lowest BCUT2D eigenvalue weighted by Crippen LogP contribution is -2.15. The normalized spacial score (nSPS) is 10.5. The van der Waals surface area contributed by atoms with Gasteiger partial charge in [-0.3, -0.25) is 0 Å². The Balaban J connectivity index is 1.90. The van der Waals surface area contributed by atoms with Crippen LogP contribution in [0.25, 0.3) is 0 Å². The average molecular weight is 183 g/mol. The van der Waals surface area contributed by atoms with Crippen molar-refractivity contribution in [2.45, 2.75) is 20.0 Å². The number of ether oxygens (including phenoxy) is 1. The summed E-state index contributed by atoms with van der Waals surface area (Å²) >= 11 is 0. The zero-order valence-electron chi connectivity index (χ0n) is 8.08. The predicted octanol–water partition coefficient (Wildman–Crippen LogP) is 1.80. The van der Waals surface area contributed by atoms with Gasteiger partial charge in [0, 0.05) is 6.61 Å². The van der Waals surface area contributed by atoms with Crippen LogP contribution in [-0.2, 0) is 11.3 Å². The number of hydrogen-bond acceptors (Lipinski definition) is 3. The molecule has 0 saturated carbocycles. The van der Waals surface area contributed by atoms with Gasteiger partial charge in [-0.15, -0.1) is 0 Å². The second kappa shape index (κ2) is 6.69. The van der Waals surface area contributed by atoms with Crippen LogP contribution < -0.4 is 5.32 Å². The van der Waals surface area contributed by atoms with Crippen LogP contribution in [0.1, 0.15) is 19.1 Å². The Morgan fingerprint density at radius 1 is 1.54 bits per heavy atom. The lowest BCUT2D eigenvalue weighted by molar-refractivity contribution is 0.104. The summed E-state index contributed by atoms with van der Waals surface area (Å²) < 4.78 is 10.5. The van der Waals surface area contributed by atoms with Crippen molar-refractivity contribution < 1.29 is 9.15 Å². The largest absolute Gasteiger partial charge is 0.467 e.